The van der Waals surface area contributed by atoms with Crippen molar-refractivity contribution < 1.29 is 4.74 Å². The van der Waals surface area contributed by atoms with Crippen LogP contribution in [0, 0.1) is 13.8 Å². The topological polar surface area (TPSA) is 80.8 Å². The minimum atomic E-state index is -0.332. The highest BCUT2D eigenvalue weighted by molar-refractivity contribution is 5.20. The van der Waals surface area contributed by atoms with Gasteiger partial charge in [0.05, 0.1) is 6.20 Å². The molecule has 0 aliphatic heterocycles. The summed E-state index contributed by atoms with van der Waals surface area (Å²) in [5.41, 5.74) is 1.28. The molecule has 2 aromatic heterocycles. The molecule has 16 heavy (non-hydrogen) atoms. The van der Waals surface area contributed by atoms with Crippen LogP contribution in [0.2, 0.25) is 0 Å². The third-order valence-electron chi connectivity index (χ3n) is 1.81. The Morgan fingerprint density at radius 1 is 1.19 bits per heavy atom. The van der Waals surface area contributed by atoms with Gasteiger partial charge < -0.3 is 4.74 Å². The van der Waals surface area contributed by atoms with E-state index in [1.54, 1.807) is 0 Å². The zero-order valence-corrected chi connectivity index (χ0v) is 8.89. The van der Waals surface area contributed by atoms with Gasteiger partial charge in [-0.3, -0.25) is 4.79 Å². The van der Waals surface area contributed by atoms with Crippen molar-refractivity contribution in [2.75, 3.05) is 0 Å². The van der Waals surface area contributed by atoms with Gasteiger partial charge in [0.1, 0.15) is 0 Å². The van der Waals surface area contributed by atoms with Crippen LogP contribution in [0.15, 0.2) is 23.1 Å². The number of rotatable bonds is 2. The average molecular weight is 218 g/mol. The zero-order valence-electron chi connectivity index (χ0n) is 8.89. The molecule has 0 aromatic carbocycles. The molecular weight excluding hydrogens is 208 g/mol. The molecule has 1 N–H and O–H groups in total. The van der Waals surface area contributed by atoms with Crippen molar-refractivity contribution in [1.29, 1.82) is 0 Å². The predicted molar refractivity (Wildman–Crippen MR) is 56.4 cm³/mol. The van der Waals surface area contributed by atoms with E-state index in [1.165, 1.54) is 12.3 Å². The molecule has 0 aliphatic rings. The first-order valence-electron chi connectivity index (χ1n) is 4.68. The second kappa shape index (κ2) is 4.09. The van der Waals surface area contributed by atoms with E-state index in [4.69, 9.17) is 4.74 Å². The highest BCUT2D eigenvalue weighted by Crippen LogP contribution is 2.14. The molecule has 0 amide bonds. The van der Waals surface area contributed by atoms with Gasteiger partial charge in [0.15, 0.2) is 5.75 Å². The fourth-order valence-corrected chi connectivity index (χ4v) is 1.26. The lowest BCUT2D eigenvalue weighted by molar-refractivity contribution is 0.435. The number of aromatic nitrogens is 4. The van der Waals surface area contributed by atoms with E-state index in [0.717, 1.165) is 11.4 Å². The van der Waals surface area contributed by atoms with Crippen LogP contribution in [0.5, 0.6) is 11.8 Å². The van der Waals surface area contributed by atoms with Gasteiger partial charge >= 0.3 is 6.01 Å². The molecule has 0 fully saturated rings. The number of H-pyrrole nitrogens is 1. The quantitative estimate of drug-likeness (QED) is 0.812. The molecule has 0 atom stereocenters. The highest BCUT2D eigenvalue weighted by atomic mass is 16.5. The summed E-state index contributed by atoms with van der Waals surface area (Å²) >= 11 is 0. The number of nitrogens with zero attached hydrogens (tertiary/aromatic N) is 3. The van der Waals surface area contributed by atoms with Crippen molar-refractivity contribution in [1.82, 2.24) is 20.2 Å². The molecule has 2 heterocycles. The zero-order chi connectivity index (χ0) is 11.5. The minimum Gasteiger partial charge on any atom is -0.422 e. The molecular formula is C10H10N4O2. The van der Waals surface area contributed by atoms with Gasteiger partial charge in [-0.2, -0.15) is 5.10 Å². The van der Waals surface area contributed by atoms with E-state index < -0.39 is 0 Å². The smallest absolute Gasteiger partial charge is 0.322 e. The molecule has 0 radical (unpaired) electrons. The van der Waals surface area contributed by atoms with Crippen LogP contribution in [0.3, 0.4) is 0 Å². The summed E-state index contributed by atoms with van der Waals surface area (Å²) in [6, 6.07) is 3.33. The highest BCUT2D eigenvalue weighted by Gasteiger charge is 2.03. The minimum absolute atomic E-state index is 0.213. The number of aromatic amines is 1. The van der Waals surface area contributed by atoms with Gasteiger partial charge in [0.2, 0.25) is 0 Å². The first-order chi connectivity index (χ1) is 7.63. The fraction of sp³-hybridized carbons (Fsp3) is 0.200. The monoisotopic (exact) mass is 218 g/mol. The van der Waals surface area contributed by atoms with E-state index in [-0.39, 0.29) is 11.6 Å². The van der Waals surface area contributed by atoms with Crippen molar-refractivity contribution >= 4 is 0 Å². The first-order valence-corrected chi connectivity index (χ1v) is 4.68. The standard InChI is InChI=1S/C10H10N4O2/c1-6-3-7(2)13-10(12-6)16-8-4-9(15)14-11-5-8/h3-5H,1-2H3,(H,14,15). The van der Waals surface area contributed by atoms with Crippen LogP contribution < -0.4 is 10.3 Å². The Balaban J connectivity index is 2.30. The van der Waals surface area contributed by atoms with Crippen LogP contribution in [-0.4, -0.2) is 20.2 Å². The summed E-state index contributed by atoms with van der Waals surface area (Å²) in [6.45, 7) is 3.69. The number of nitrogens with one attached hydrogen (secondary N) is 1. The van der Waals surface area contributed by atoms with Crippen LogP contribution in [-0.2, 0) is 0 Å². The maximum atomic E-state index is 11.0. The van der Waals surface area contributed by atoms with Crippen molar-refractivity contribution in [2.24, 2.45) is 0 Å². The lowest BCUT2D eigenvalue weighted by Crippen LogP contribution is -2.06. The molecule has 0 saturated heterocycles. The molecule has 2 aromatic rings. The van der Waals surface area contributed by atoms with Crippen LogP contribution in [0.4, 0.5) is 0 Å². The summed E-state index contributed by atoms with van der Waals surface area (Å²) in [5.74, 6) is 0.314. The fourth-order valence-electron chi connectivity index (χ4n) is 1.26. The lowest BCUT2D eigenvalue weighted by Gasteiger charge is -2.03. The molecule has 6 heteroatoms. The maximum absolute atomic E-state index is 11.0. The largest absolute Gasteiger partial charge is 0.422 e. The van der Waals surface area contributed by atoms with Gasteiger partial charge in [0.25, 0.3) is 5.56 Å². The normalized spacial score (nSPS) is 10.1. The Bertz CT molecular complexity index is 544. The Morgan fingerprint density at radius 2 is 1.88 bits per heavy atom. The van der Waals surface area contributed by atoms with Crippen molar-refractivity contribution in [2.45, 2.75) is 13.8 Å². The number of hydrogen-bond donors (Lipinski definition) is 1. The summed E-state index contributed by atoms with van der Waals surface area (Å²) in [7, 11) is 0. The maximum Gasteiger partial charge on any atom is 0.322 e. The van der Waals surface area contributed by atoms with Crippen molar-refractivity contribution in [3.8, 4) is 11.8 Å². The third-order valence-corrected chi connectivity index (χ3v) is 1.81. The molecule has 82 valence electrons. The van der Waals surface area contributed by atoms with E-state index in [9.17, 15) is 4.79 Å². The van der Waals surface area contributed by atoms with E-state index in [1.807, 2.05) is 19.9 Å². The second-order valence-electron chi connectivity index (χ2n) is 3.32. The summed E-state index contributed by atoms with van der Waals surface area (Å²) in [5, 5.41) is 5.86. The SMILES string of the molecule is Cc1cc(C)nc(Oc2cn[nH]c(=O)c2)n1. The average Bonchev–Trinajstić information content (AvgIpc) is 2.15. The molecule has 0 spiro atoms. The van der Waals surface area contributed by atoms with Gasteiger partial charge in [-0.05, 0) is 19.9 Å². The van der Waals surface area contributed by atoms with Gasteiger partial charge in [-0.1, -0.05) is 0 Å². The number of aryl methyl sites for hydroxylation is 2. The Morgan fingerprint density at radius 3 is 2.50 bits per heavy atom. The second-order valence-corrected chi connectivity index (χ2v) is 3.32. The van der Waals surface area contributed by atoms with Crippen molar-refractivity contribution in [3.05, 3.63) is 40.1 Å². The predicted octanol–water partition coefficient (Wildman–Crippen LogP) is 0.969. The van der Waals surface area contributed by atoms with E-state index in [0.29, 0.717) is 5.75 Å². The van der Waals surface area contributed by atoms with Crippen LogP contribution in [0.1, 0.15) is 11.4 Å². The molecule has 6 nitrogen and oxygen atoms in total. The van der Waals surface area contributed by atoms with E-state index in [2.05, 4.69) is 20.2 Å². The molecule has 0 unspecified atom stereocenters. The third kappa shape index (κ3) is 2.41. The molecule has 0 aliphatic carbocycles. The van der Waals surface area contributed by atoms with Crippen molar-refractivity contribution in [3.63, 3.8) is 0 Å². The number of ether oxygens (including phenoxy) is 1. The Labute approximate surface area is 91.3 Å². The van der Waals surface area contributed by atoms with Gasteiger partial charge in [0, 0.05) is 17.5 Å². The number of hydrogen-bond acceptors (Lipinski definition) is 5. The summed E-state index contributed by atoms with van der Waals surface area (Å²) in [6.07, 6.45) is 1.39. The Hall–Kier alpha value is -2.24. The summed E-state index contributed by atoms with van der Waals surface area (Å²) in [4.78, 5) is 19.1. The van der Waals surface area contributed by atoms with Gasteiger partial charge in [-0.25, -0.2) is 15.1 Å². The molecule has 0 saturated carbocycles. The lowest BCUT2D eigenvalue weighted by atomic mass is 10.4. The van der Waals surface area contributed by atoms with Crippen LogP contribution >= 0.6 is 0 Å². The van der Waals surface area contributed by atoms with Crippen LogP contribution in [0.25, 0.3) is 0 Å². The summed E-state index contributed by atoms with van der Waals surface area (Å²) < 4.78 is 5.32. The first kappa shape index (κ1) is 10.3. The Kier molecular flexibility index (Phi) is 2.63. The van der Waals surface area contributed by atoms with Gasteiger partial charge in [-0.15, -0.1) is 0 Å². The molecule has 2 rings (SSSR count). The van der Waals surface area contributed by atoms with E-state index >= 15 is 0 Å². The molecule has 0 bridgehead atoms.